The average molecular weight is 390 g/mol. The summed E-state index contributed by atoms with van der Waals surface area (Å²) in [6.07, 6.45) is 3.40. The summed E-state index contributed by atoms with van der Waals surface area (Å²) in [5.41, 5.74) is 1.26. The van der Waals surface area contributed by atoms with E-state index in [9.17, 15) is 5.11 Å². The monoisotopic (exact) mass is 389 g/mol. The Hall–Kier alpha value is -1.14. The maximum atomic E-state index is 9.66. The molecule has 2 fully saturated rings. The van der Waals surface area contributed by atoms with E-state index >= 15 is 0 Å². The molecule has 0 aromatic heterocycles. The molecule has 2 aliphatic heterocycles. The van der Waals surface area contributed by atoms with Gasteiger partial charge in [0.2, 0.25) is 0 Å². The van der Waals surface area contributed by atoms with Crippen molar-refractivity contribution in [1.29, 1.82) is 0 Å². The minimum atomic E-state index is 0.258. The molecule has 2 aliphatic rings. The largest absolute Gasteiger partial charge is 0.494 e. The normalized spacial score (nSPS) is 23.4. The van der Waals surface area contributed by atoms with Crippen LogP contribution in [0.4, 0.5) is 0 Å². The number of piperazine rings is 1. The molecular weight excluding hydrogens is 350 g/mol. The summed E-state index contributed by atoms with van der Waals surface area (Å²) < 4.78 is 5.83. The molecular formula is C23H39N3O2. The highest BCUT2D eigenvalue weighted by atomic mass is 16.5. The molecule has 3 rings (SSSR count). The van der Waals surface area contributed by atoms with Crippen molar-refractivity contribution in [2.75, 3.05) is 45.9 Å². The van der Waals surface area contributed by atoms with Gasteiger partial charge in [-0.2, -0.15) is 0 Å². The maximum Gasteiger partial charge on any atom is 0.123 e. The van der Waals surface area contributed by atoms with Gasteiger partial charge in [0, 0.05) is 56.5 Å². The van der Waals surface area contributed by atoms with Crippen LogP contribution < -0.4 is 4.74 Å². The second kappa shape index (κ2) is 10.6. The van der Waals surface area contributed by atoms with Crippen molar-refractivity contribution in [2.45, 2.75) is 64.7 Å². The van der Waals surface area contributed by atoms with Crippen molar-refractivity contribution in [1.82, 2.24) is 14.7 Å². The van der Waals surface area contributed by atoms with E-state index in [0.717, 1.165) is 38.3 Å². The Morgan fingerprint density at radius 3 is 2.54 bits per heavy atom. The highest BCUT2D eigenvalue weighted by Gasteiger charge is 2.32. The quantitative estimate of drug-likeness (QED) is 0.740. The zero-order valence-electron chi connectivity index (χ0n) is 18.0. The molecule has 0 radical (unpaired) electrons. The zero-order valence-corrected chi connectivity index (χ0v) is 18.0. The lowest BCUT2D eigenvalue weighted by atomic mass is 9.98. The zero-order chi connectivity index (χ0) is 19.9. The van der Waals surface area contributed by atoms with Crippen LogP contribution in [0.1, 0.15) is 45.6 Å². The molecule has 1 atom stereocenters. The van der Waals surface area contributed by atoms with Crippen molar-refractivity contribution in [3.63, 3.8) is 0 Å². The first-order chi connectivity index (χ1) is 13.6. The van der Waals surface area contributed by atoms with Gasteiger partial charge >= 0.3 is 0 Å². The number of benzene rings is 1. The number of hydrogen-bond donors (Lipinski definition) is 1. The van der Waals surface area contributed by atoms with Gasteiger partial charge in [0.15, 0.2) is 0 Å². The Balaban J connectivity index is 1.60. The fourth-order valence-electron chi connectivity index (χ4n) is 4.80. The van der Waals surface area contributed by atoms with Gasteiger partial charge in [-0.15, -0.1) is 0 Å². The molecule has 1 aromatic carbocycles. The number of rotatable bonds is 8. The molecule has 158 valence electrons. The van der Waals surface area contributed by atoms with Crippen LogP contribution in [0, 0.1) is 0 Å². The van der Waals surface area contributed by atoms with Gasteiger partial charge in [0.1, 0.15) is 5.75 Å². The topological polar surface area (TPSA) is 39.2 Å². The molecule has 2 saturated heterocycles. The molecule has 0 aliphatic carbocycles. The Bertz CT molecular complexity index is 587. The lowest BCUT2D eigenvalue weighted by Gasteiger charge is -2.47. The van der Waals surface area contributed by atoms with Gasteiger partial charge in [-0.3, -0.25) is 9.80 Å². The fraction of sp³-hybridized carbons (Fsp3) is 0.739. The molecule has 1 N–H and O–H groups in total. The first-order valence-electron chi connectivity index (χ1n) is 11.2. The second-order valence-electron chi connectivity index (χ2n) is 8.53. The number of aliphatic hydroxyl groups excluding tert-OH is 1. The summed E-state index contributed by atoms with van der Waals surface area (Å²) >= 11 is 0. The van der Waals surface area contributed by atoms with Crippen molar-refractivity contribution >= 4 is 0 Å². The SMILES string of the molecule is CCOc1ccccc1CN1CCN(C2CCN(C(C)C)CC2)C[C@H]1CCO. The number of ether oxygens (including phenoxy) is 1. The molecule has 5 nitrogen and oxygen atoms in total. The van der Waals surface area contributed by atoms with Crippen LogP contribution in [0.15, 0.2) is 24.3 Å². The summed E-state index contributed by atoms with van der Waals surface area (Å²) in [6.45, 7) is 14.2. The standard InChI is InChI=1S/C23H39N3O2/c1-4-28-23-8-6-5-7-20(23)17-25-14-15-26(18-22(25)11-16-27)21-9-12-24(13-10-21)19(2)3/h5-8,19,21-22,27H,4,9-18H2,1-3H3/t22-/m1/s1. The van der Waals surface area contributed by atoms with Gasteiger partial charge in [0.05, 0.1) is 6.61 Å². The van der Waals surface area contributed by atoms with Crippen LogP contribution in [-0.2, 0) is 6.54 Å². The molecule has 28 heavy (non-hydrogen) atoms. The van der Waals surface area contributed by atoms with Crippen LogP contribution in [-0.4, -0.2) is 83.9 Å². The first kappa shape index (κ1) is 21.6. The fourth-order valence-corrected chi connectivity index (χ4v) is 4.80. The van der Waals surface area contributed by atoms with Gasteiger partial charge in [-0.1, -0.05) is 18.2 Å². The lowest BCUT2D eigenvalue weighted by Crippen LogP contribution is -2.57. The Labute approximate surface area is 171 Å². The van der Waals surface area contributed by atoms with Crippen LogP contribution in [0.2, 0.25) is 0 Å². The molecule has 1 aromatic rings. The van der Waals surface area contributed by atoms with Gasteiger partial charge in [0.25, 0.3) is 0 Å². The Kier molecular flexibility index (Phi) is 8.15. The third-order valence-corrected chi connectivity index (χ3v) is 6.49. The highest BCUT2D eigenvalue weighted by Crippen LogP contribution is 2.26. The van der Waals surface area contributed by atoms with Gasteiger partial charge < -0.3 is 14.7 Å². The van der Waals surface area contributed by atoms with Crippen LogP contribution in [0.5, 0.6) is 5.75 Å². The van der Waals surface area contributed by atoms with E-state index < -0.39 is 0 Å². The van der Waals surface area contributed by atoms with E-state index in [1.807, 2.05) is 13.0 Å². The van der Waals surface area contributed by atoms with Gasteiger partial charge in [-0.05, 0) is 59.2 Å². The molecule has 5 heteroatoms. The number of likely N-dealkylation sites (tertiary alicyclic amines) is 1. The van der Waals surface area contributed by atoms with Crippen LogP contribution in [0.3, 0.4) is 0 Å². The summed E-state index contributed by atoms with van der Waals surface area (Å²) in [7, 11) is 0. The van der Waals surface area contributed by atoms with E-state index in [2.05, 4.69) is 46.7 Å². The summed E-state index contributed by atoms with van der Waals surface area (Å²) in [5.74, 6) is 0.997. The number of nitrogens with zero attached hydrogens (tertiary/aromatic N) is 3. The van der Waals surface area contributed by atoms with Crippen molar-refractivity contribution < 1.29 is 9.84 Å². The predicted octanol–water partition coefficient (Wildman–Crippen LogP) is 2.83. The van der Waals surface area contributed by atoms with E-state index in [4.69, 9.17) is 4.74 Å². The Morgan fingerprint density at radius 1 is 1.11 bits per heavy atom. The van der Waals surface area contributed by atoms with E-state index in [1.54, 1.807) is 0 Å². The molecule has 0 saturated carbocycles. The lowest BCUT2D eigenvalue weighted by molar-refractivity contribution is 0.00959. The summed E-state index contributed by atoms with van der Waals surface area (Å²) in [4.78, 5) is 7.85. The van der Waals surface area contributed by atoms with Crippen LogP contribution >= 0.6 is 0 Å². The van der Waals surface area contributed by atoms with Gasteiger partial charge in [-0.25, -0.2) is 0 Å². The summed E-state index contributed by atoms with van der Waals surface area (Å²) in [6, 6.07) is 10.2. The molecule has 0 spiro atoms. The highest BCUT2D eigenvalue weighted by molar-refractivity contribution is 5.33. The number of aliphatic hydroxyl groups is 1. The maximum absolute atomic E-state index is 9.66. The third kappa shape index (κ3) is 5.47. The van der Waals surface area contributed by atoms with E-state index in [0.29, 0.717) is 24.7 Å². The molecule has 2 heterocycles. The van der Waals surface area contributed by atoms with Crippen molar-refractivity contribution in [2.24, 2.45) is 0 Å². The second-order valence-corrected chi connectivity index (χ2v) is 8.53. The van der Waals surface area contributed by atoms with Crippen molar-refractivity contribution in [3.05, 3.63) is 29.8 Å². The van der Waals surface area contributed by atoms with Crippen molar-refractivity contribution in [3.8, 4) is 5.75 Å². The number of para-hydroxylation sites is 1. The smallest absolute Gasteiger partial charge is 0.123 e. The first-order valence-corrected chi connectivity index (χ1v) is 11.2. The summed E-state index contributed by atoms with van der Waals surface area (Å²) in [5, 5.41) is 9.66. The van der Waals surface area contributed by atoms with E-state index in [1.165, 1.54) is 31.5 Å². The molecule has 0 unspecified atom stereocenters. The van der Waals surface area contributed by atoms with E-state index in [-0.39, 0.29) is 6.61 Å². The van der Waals surface area contributed by atoms with Crippen LogP contribution in [0.25, 0.3) is 0 Å². The predicted molar refractivity (Wildman–Crippen MR) is 115 cm³/mol. The molecule has 0 amide bonds. The minimum Gasteiger partial charge on any atom is -0.494 e. The minimum absolute atomic E-state index is 0.258. The number of hydrogen-bond acceptors (Lipinski definition) is 5. The Morgan fingerprint density at radius 2 is 1.86 bits per heavy atom. The average Bonchev–Trinajstić information content (AvgIpc) is 2.71. The number of piperidine rings is 1. The molecule has 0 bridgehead atoms. The third-order valence-electron chi connectivity index (χ3n) is 6.49.